The Morgan fingerprint density at radius 1 is 1.35 bits per heavy atom. The Balaban J connectivity index is 0.000000924. The number of hydrogen-bond acceptors (Lipinski definition) is 4. The maximum atomic E-state index is 12.4. The van der Waals surface area contributed by atoms with E-state index in [9.17, 15) is 19.7 Å². The number of nitro benzene ring substituents is 1. The highest BCUT2D eigenvalue weighted by Gasteiger charge is 2.40. The maximum Gasteiger partial charge on any atom is 0.275 e. The van der Waals surface area contributed by atoms with Crippen LogP contribution in [0.2, 0.25) is 0 Å². The summed E-state index contributed by atoms with van der Waals surface area (Å²) in [5, 5.41) is 13.7. The third kappa shape index (κ3) is 2.94. The number of piperidine rings is 1. The molecule has 0 saturated carbocycles. The van der Waals surface area contributed by atoms with Gasteiger partial charge in [-0.2, -0.15) is 0 Å². The second kappa shape index (κ2) is 6.60. The number of benzene rings is 1. The number of nitrogens with one attached hydrogen (secondary N) is 1. The molecule has 1 saturated heterocycles. The van der Waals surface area contributed by atoms with E-state index in [0.29, 0.717) is 29.7 Å². The summed E-state index contributed by atoms with van der Waals surface area (Å²) >= 11 is 0. The van der Waals surface area contributed by atoms with Crippen LogP contribution in [-0.2, 0) is 11.3 Å². The molecule has 2 aliphatic rings. The number of rotatable bonds is 2. The fraction of sp³-hybridized carbons (Fsp3) is 0.375. The van der Waals surface area contributed by atoms with Crippen molar-refractivity contribution in [3.63, 3.8) is 0 Å². The topological polar surface area (TPSA) is 92.5 Å². The summed E-state index contributed by atoms with van der Waals surface area (Å²) in [6.07, 6.45) is 1.08. The number of nitro groups is 1. The molecule has 2 amide bonds. The van der Waals surface area contributed by atoms with E-state index in [1.54, 1.807) is 6.07 Å². The van der Waals surface area contributed by atoms with Crippen LogP contribution in [0, 0.1) is 10.1 Å². The quantitative estimate of drug-likeness (QED) is 0.669. The van der Waals surface area contributed by atoms with Gasteiger partial charge in [0.1, 0.15) is 6.04 Å². The minimum absolute atomic E-state index is 0.0797. The third-order valence-corrected chi connectivity index (χ3v) is 3.87. The second-order valence-corrected chi connectivity index (χ2v) is 5.14. The smallest absolute Gasteiger partial charge is 0.275 e. The molecule has 23 heavy (non-hydrogen) atoms. The van der Waals surface area contributed by atoms with E-state index in [0.717, 1.165) is 0 Å². The van der Waals surface area contributed by atoms with Crippen LogP contribution in [0.5, 0.6) is 0 Å². The molecule has 2 heterocycles. The molecule has 1 atom stereocenters. The van der Waals surface area contributed by atoms with E-state index in [-0.39, 0.29) is 24.0 Å². The molecule has 0 aromatic heterocycles. The fourth-order valence-electron chi connectivity index (χ4n) is 2.82. The van der Waals surface area contributed by atoms with Crippen LogP contribution >= 0.6 is 0 Å². The summed E-state index contributed by atoms with van der Waals surface area (Å²) in [6, 6.07) is 3.82. The summed E-state index contributed by atoms with van der Waals surface area (Å²) in [7, 11) is 0. The number of carbonyl (C=O) groups excluding carboxylic acids is 2. The van der Waals surface area contributed by atoms with E-state index in [1.807, 2.05) is 13.8 Å². The van der Waals surface area contributed by atoms with Crippen molar-refractivity contribution in [2.75, 3.05) is 0 Å². The molecule has 0 spiro atoms. The van der Waals surface area contributed by atoms with Crippen LogP contribution in [-0.4, -0.2) is 27.7 Å². The molecule has 7 nitrogen and oxygen atoms in total. The van der Waals surface area contributed by atoms with E-state index >= 15 is 0 Å². The standard InChI is InChI=1S/C14H13N3O4.C2H6/c1-8-5-6-12(13(18)15-8)16-7-10-9(14(16)19)3-2-4-11(10)17(20)21;1-2/h2-4,12H,1,5-7H2,(H,15,18);1-2H3. The number of amides is 2. The van der Waals surface area contributed by atoms with Crippen molar-refractivity contribution in [3.8, 4) is 0 Å². The van der Waals surface area contributed by atoms with Crippen molar-refractivity contribution in [2.24, 2.45) is 0 Å². The molecule has 1 N–H and O–H groups in total. The average molecular weight is 317 g/mol. The molecule has 122 valence electrons. The SMILES string of the molecule is C=C1CCC(N2Cc3c(cccc3[N+](=O)[O-])C2=O)C(=O)N1.CC. The predicted molar refractivity (Wildman–Crippen MR) is 84.6 cm³/mol. The third-order valence-electron chi connectivity index (χ3n) is 3.87. The van der Waals surface area contributed by atoms with E-state index in [4.69, 9.17) is 0 Å². The zero-order valence-corrected chi connectivity index (χ0v) is 13.2. The molecule has 0 bridgehead atoms. The van der Waals surface area contributed by atoms with Crippen molar-refractivity contribution < 1.29 is 14.5 Å². The molecule has 1 fully saturated rings. The summed E-state index contributed by atoms with van der Waals surface area (Å²) in [4.78, 5) is 36.3. The summed E-state index contributed by atoms with van der Waals surface area (Å²) in [5.41, 5.74) is 1.24. The monoisotopic (exact) mass is 317 g/mol. The Morgan fingerprint density at radius 2 is 2.04 bits per heavy atom. The Labute approximate surface area is 134 Å². The zero-order valence-electron chi connectivity index (χ0n) is 13.2. The molecule has 2 aliphatic heterocycles. The van der Waals surface area contributed by atoms with Gasteiger partial charge in [0.15, 0.2) is 0 Å². The van der Waals surface area contributed by atoms with Crippen molar-refractivity contribution in [1.29, 1.82) is 0 Å². The van der Waals surface area contributed by atoms with E-state index in [1.165, 1.54) is 17.0 Å². The van der Waals surface area contributed by atoms with Gasteiger partial charge < -0.3 is 10.2 Å². The lowest BCUT2D eigenvalue weighted by Gasteiger charge is -2.30. The van der Waals surface area contributed by atoms with Crippen LogP contribution in [0.4, 0.5) is 5.69 Å². The molecule has 1 unspecified atom stereocenters. The number of nitrogens with zero attached hydrogens (tertiary/aromatic N) is 2. The lowest BCUT2D eigenvalue weighted by atomic mass is 10.0. The summed E-state index contributed by atoms with van der Waals surface area (Å²) in [5.74, 6) is -0.614. The van der Waals surface area contributed by atoms with Crippen LogP contribution in [0.15, 0.2) is 30.5 Å². The highest BCUT2D eigenvalue weighted by atomic mass is 16.6. The van der Waals surface area contributed by atoms with Crippen molar-refractivity contribution >= 4 is 17.5 Å². The Hall–Kier alpha value is -2.70. The van der Waals surface area contributed by atoms with Crippen LogP contribution in [0.25, 0.3) is 0 Å². The van der Waals surface area contributed by atoms with Gasteiger partial charge in [-0.05, 0) is 18.9 Å². The van der Waals surface area contributed by atoms with Crippen molar-refractivity contribution in [3.05, 3.63) is 51.7 Å². The lowest BCUT2D eigenvalue weighted by Crippen LogP contribution is -2.49. The minimum Gasteiger partial charge on any atom is -0.329 e. The van der Waals surface area contributed by atoms with Gasteiger partial charge in [-0.3, -0.25) is 19.7 Å². The molecular weight excluding hydrogens is 298 g/mol. The van der Waals surface area contributed by atoms with Gasteiger partial charge in [0, 0.05) is 11.8 Å². The summed E-state index contributed by atoms with van der Waals surface area (Å²) in [6.45, 7) is 7.79. The first-order chi connectivity index (χ1) is 11.0. The second-order valence-electron chi connectivity index (χ2n) is 5.14. The van der Waals surface area contributed by atoms with Crippen molar-refractivity contribution in [2.45, 2.75) is 39.3 Å². The Morgan fingerprint density at radius 3 is 2.65 bits per heavy atom. The highest BCUT2D eigenvalue weighted by Crippen LogP contribution is 2.33. The maximum absolute atomic E-state index is 12.4. The number of hydrogen-bond donors (Lipinski definition) is 1. The lowest BCUT2D eigenvalue weighted by molar-refractivity contribution is -0.385. The van der Waals surface area contributed by atoms with Gasteiger partial charge in [0.25, 0.3) is 11.6 Å². The van der Waals surface area contributed by atoms with E-state index < -0.39 is 11.0 Å². The van der Waals surface area contributed by atoms with Gasteiger partial charge in [-0.15, -0.1) is 0 Å². The number of allylic oxidation sites excluding steroid dienone is 1. The Kier molecular flexibility index (Phi) is 4.78. The molecule has 3 rings (SSSR count). The van der Waals surface area contributed by atoms with Gasteiger partial charge >= 0.3 is 0 Å². The van der Waals surface area contributed by atoms with Gasteiger partial charge in [0.05, 0.1) is 22.6 Å². The molecule has 0 aliphatic carbocycles. The molecule has 1 aromatic carbocycles. The van der Waals surface area contributed by atoms with Crippen LogP contribution in [0.1, 0.15) is 42.6 Å². The zero-order chi connectivity index (χ0) is 17.1. The Bertz CT molecular complexity index is 684. The van der Waals surface area contributed by atoms with Gasteiger partial charge in [0.2, 0.25) is 5.91 Å². The largest absolute Gasteiger partial charge is 0.329 e. The molecule has 0 radical (unpaired) electrons. The van der Waals surface area contributed by atoms with Crippen molar-refractivity contribution in [1.82, 2.24) is 10.2 Å². The van der Waals surface area contributed by atoms with E-state index in [2.05, 4.69) is 11.9 Å². The highest BCUT2D eigenvalue weighted by molar-refractivity contribution is 6.02. The van der Waals surface area contributed by atoms with Crippen LogP contribution in [0.3, 0.4) is 0 Å². The van der Waals surface area contributed by atoms with Gasteiger partial charge in [-0.25, -0.2) is 0 Å². The normalized spacial score (nSPS) is 19.7. The predicted octanol–water partition coefficient (Wildman–Crippen LogP) is 2.37. The first kappa shape index (κ1) is 16.7. The molecule has 7 heteroatoms. The van der Waals surface area contributed by atoms with Gasteiger partial charge in [-0.1, -0.05) is 26.5 Å². The summed E-state index contributed by atoms with van der Waals surface area (Å²) < 4.78 is 0. The van der Waals surface area contributed by atoms with Crippen LogP contribution < -0.4 is 5.32 Å². The first-order valence-electron chi connectivity index (χ1n) is 7.55. The number of carbonyl (C=O) groups is 2. The average Bonchev–Trinajstić information content (AvgIpc) is 2.86. The molecular formula is C16H19N3O4. The minimum atomic E-state index is -0.602. The number of fused-ring (bicyclic) bond motifs is 1. The fourth-order valence-corrected chi connectivity index (χ4v) is 2.82. The molecule has 1 aromatic rings. The first-order valence-corrected chi connectivity index (χ1v) is 7.55.